The first kappa shape index (κ1) is 25.1. The summed E-state index contributed by atoms with van der Waals surface area (Å²) in [6, 6.07) is 10.9. The van der Waals surface area contributed by atoms with Crippen LogP contribution < -0.4 is 25.4 Å². The molecule has 0 spiro atoms. The van der Waals surface area contributed by atoms with Gasteiger partial charge in [-0.2, -0.15) is 0 Å². The van der Waals surface area contributed by atoms with Crippen molar-refractivity contribution in [1.29, 1.82) is 0 Å². The summed E-state index contributed by atoms with van der Waals surface area (Å²) in [5, 5.41) is 8.30. The van der Waals surface area contributed by atoms with E-state index in [4.69, 9.17) is 14.2 Å². The number of anilines is 1. The number of amides is 3. The third-order valence-corrected chi connectivity index (χ3v) is 5.69. The van der Waals surface area contributed by atoms with E-state index in [9.17, 15) is 14.4 Å². The second kappa shape index (κ2) is 11.1. The van der Waals surface area contributed by atoms with Crippen molar-refractivity contribution >= 4 is 39.5 Å². The van der Waals surface area contributed by atoms with Crippen molar-refractivity contribution < 1.29 is 28.6 Å². The van der Waals surface area contributed by atoms with E-state index >= 15 is 0 Å². The van der Waals surface area contributed by atoms with Gasteiger partial charge in [0.1, 0.15) is 11.5 Å². The molecular formula is C24H26BrN3O6. The summed E-state index contributed by atoms with van der Waals surface area (Å²) in [6.45, 7) is 5.25. The summed E-state index contributed by atoms with van der Waals surface area (Å²) in [4.78, 5) is 37.3. The number of methoxy groups -OCH3 is 1. The average Bonchev–Trinajstić information content (AvgIpc) is 2.80. The number of hydrogen-bond donors (Lipinski definition) is 3. The topological polar surface area (TPSA) is 115 Å². The number of urea groups is 1. The van der Waals surface area contributed by atoms with Gasteiger partial charge in [0.25, 0.3) is 5.91 Å². The Morgan fingerprint density at radius 1 is 1.18 bits per heavy atom. The Hall–Kier alpha value is -3.53. The number of benzene rings is 2. The molecule has 0 aromatic heterocycles. The molecule has 0 unspecified atom stereocenters. The van der Waals surface area contributed by atoms with Gasteiger partial charge in [-0.05, 0) is 78.7 Å². The van der Waals surface area contributed by atoms with E-state index in [1.807, 2.05) is 0 Å². The third-order valence-electron chi connectivity index (χ3n) is 5.07. The summed E-state index contributed by atoms with van der Waals surface area (Å²) in [7, 11) is 1.56. The van der Waals surface area contributed by atoms with E-state index in [2.05, 4.69) is 31.9 Å². The minimum absolute atomic E-state index is 0.259. The molecule has 3 amide bonds. The zero-order valence-corrected chi connectivity index (χ0v) is 20.8. The molecule has 0 radical (unpaired) electrons. The number of carbonyl (C=O) groups excluding carboxylic acids is 3. The number of ether oxygens (including phenoxy) is 3. The lowest BCUT2D eigenvalue weighted by Crippen LogP contribution is -2.46. The van der Waals surface area contributed by atoms with Gasteiger partial charge in [-0.25, -0.2) is 9.59 Å². The maximum atomic E-state index is 13.2. The molecule has 1 heterocycles. The molecule has 2 aromatic carbocycles. The van der Waals surface area contributed by atoms with Gasteiger partial charge in [-0.3, -0.25) is 4.79 Å². The quantitative estimate of drug-likeness (QED) is 0.442. The molecule has 180 valence electrons. The van der Waals surface area contributed by atoms with Crippen LogP contribution in [0.3, 0.4) is 0 Å². The van der Waals surface area contributed by atoms with Crippen LogP contribution in [0, 0.1) is 0 Å². The Labute approximate surface area is 206 Å². The Kier molecular flexibility index (Phi) is 8.17. The number of rotatable bonds is 8. The van der Waals surface area contributed by atoms with Crippen LogP contribution in [-0.4, -0.2) is 37.7 Å². The predicted octanol–water partition coefficient (Wildman–Crippen LogP) is 4.05. The monoisotopic (exact) mass is 531 g/mol. The number of hydrogen-bond acceptors (Lipinski definition) is 6. The lowest BCUT2D eigenvalue weighted by Gasteiger charge is -2.29. The summed E-state index contributed by atoms with van der Waals surface area (Å²) in [6.07, 6.45) is -0.798. The van der Waals surface area contributed by atoms with E-state index in [0.29, 0.717) is 38.5 Å². The van der Waals surface area contributed by atoms with Crippen molar-refractivity contribution in [1.82, 2.24) is 10.6 Å². The van der Waals surface area contributed by atoms with Crippen LogP contribution >= 0.6 is 15.9 Å². The number of nitrogens with one attached hydrogen (secondary N) is 3. The molecule has 2 atom stereocenters. The Bertz CT molecular complexity index is 1120. The van der Waals surface area contributed by atoms with Crippen LogP contribution in [0.1, 0.15) is 32.4 Å². The summed E-state index contributed by atoms with van der Waals surface area (Å²) in [5.41, 5.74) is 2.03. The zero-order valence-electron chi connectivity index (χ0n) is 19.2. The highest BCUT2D eigenvalue weighted by molar-refractivity contribution is 9.10. The van der Waals surface area contributed by atoms with Gasteiger partial charge in [0, 0.05) is 11.4 Å². The number of halogens is 1. The van der Waals surface area contributed by atoms with Gasteiger partial charge >= 0.3 is 12.0 Å². The van der Waals surface area contributed by atoms with Crippen LogP contribution in [0.5, 0.6) is 11.5 Å². The minimum atomic E-state index is -0.798. The lowest BCUT2D eigenvalue weighted by atomic mass is 9.94. The molecule has 3 rings (SSSR count). The Morgan fingerprint density at radius 2 is 1.88 bits per heavy atom. The van der Waals surface area contributed by atoms with Gasteiger partial charge < -0.3 is 30.2 Å². The van der Waals surface area contributed by atoms with Gasteiger partial charge in [0.05, 0.1) is 29.8 Å². The summed E-state index contributed by atoms with van der Waals surface area (Å²) < 4.78 is 16.4. The first-order valence-corrected chi connectivity index (χ1v) is 11.4. The number of carbonyl (C=O) groups is 3. The van der Waals surface area contributed by atoms with Crippen molar-refractivity contribution in [3.8, 4) is 11.5 Å². The smallest absolute Gasteiger partial charge is 0.347 e. The maximum Gasteiger partial charge on any atom is 0.347 e. The van der Waals surface area contributed by atoms with Gasteiger partial charge in [-0.15, -0.1) is 0 Å². The van der Waals surface area contributed by atoms with Gasteiger partial charge in [-0.1, -0.05) is 6.07 Å². The van der Waals surface area contributed by atoms with E-state index in [0.717, 1.165) is 0 Å². The number of allylic oxidation sites excluding steroid dienone is 1. The Balaban J connectivity index is 1.85. The molecule has 1 aliphatic heterocycles. The third kappa shape index (κ3) is 5.88. The first-order chi connectivity index (χ1) is 16.2. The zero-order chi connectivity index (χ0) is 24.8. The predicted molar refractivity (Wildman–Crippen MR) is 130 cm³/mol. The minimum Gasteiger partial charge on any atom is -0.497 e. The average molecular weight is 532 g/mol. The van der Waals surface area contributed by atoms with Crippen molar-refractivity contribution in [2.45, 2.75) is 32.9 Å². The van der Waals surface area contributed by atoms with Crippen LogP contribution in [0.2, 0.25) is 0 Å². The second-order valence-corrected chi connectivity index (χ2v) is 8.31. The van der Waals surface area contributed by atoms with Crippen molar-refractivity contribution in [3.05, 3.63) is 63.8 Å². The summed E-state index contributed by atoms with van der Waals surface area (Å²) >= 11 is 3.45. The molecular weight excluding hydrogens is 506 g/mol. The first-order valence-electron chi connectivity index (χ1n) is 10.6. The number of esters is 1. The molecule has 1 aliphatic rings. The molecule has 0 fully saturated rings. The molecule has 2 aromatic rings. The van der Waals surface area contributed by atoms with Crippen molar-refractivity contribution in [2.75, 3.05) is 19.0 Å². The summed E-state index contributed by atoms with van der Waals surface area (Å²) in [5.74, 6) is 0.254. The maximum absolute atomic E-state index is 13.2. The highest BCUT2D eigenvalue weighted by Gasteiger charge is 2.32. The molecule has 9 nitrogen and oxygen atoms in total. The highest BCUT2D eigenvalue weighted by atomic mass is 79.9. The van der Waals surface area contributed by atoms with E-state index in [-0.39, 0.29) is 12.5 Å². The molecule has 10 heteroatoms. The fourth-order valence-electron chi connectivity index (χ4n) is 3.41. The van der Waals surface area contributed by atoms with E-state index < -0.39 is 24.1 Å². The van der Waals surface area contributed by atoms with Crippen molar-refractivity contribution in [2.24, 2.45) is 0 Å². The molecule has 3 N–H and O–H groups in total. The highest BCUT2D eigenvalue weighted by Crippen LogP contribution is 2.34. The van der Waals surface area contributed by atoms with Crippen LogP contribution in [0.25, 0.3) is 0 Å². The largest absolute Gasteiger partial charge is 0.497 e. The van der Waals surface area contributed by atoms with Crippen molar-refractivity contribution in [3.63, 3.8) is 0 Å². The normalized spacial score (nSPS) is 16.1. The fourth-order valence-corrected chi connectivity index (χ4v) is 3.90. The SMILES string of the molecule is CCOC(=O)[C@@H](C)Oc1ccc([C@@H]2NC(=O)NC(C)=C2C(=O)Nc2ccc(OC)cc2)cc1Br. The molecule has 34 heavy (non-hydrogen) atoms. The Morgan fingerprint density at radius 3 is 2.50 bits per heavy atom. The van der Waals surface area contributed by atoms with Crippen LogP contribution in [0.15, 0.2) is 58.2 Å². The van der Waals surface area contributed by atoms with E-state index in [1.54, 1.807) is 70.3 Å². The van der Waals surface area contributed by atoms with Crippen LogP contribution in [-0.2, 0) is 14.3 Å². The molecule has 0 bridgehead atoms. The van der Waals surface area contributed by atoms with E-state index in [1.165, 1.54) is 0 Å². The molecule has 0 saturated carbocycles. The van der Waals surface area contributed by atoms with Gasteiger partial charge in [0.2, 0.25) is 0 Å². The lowest BCUT2D eigenvalue weighted by molar-refractivity contribution is -0.150. The second-order valence-electron chi connectivity index (χ2n) is 7.45. The fraction of sp³-hybridized carbons (Fsp3) is 0.292. The molecule has 0 saturated heterocycles. The molecule has 0 aliphatic carbocycles. The van der Waals surface area contributed by atoms with Gasteiger partial charge in [0.15, 0.2) is 6.10 Å². The van der Waals surface area contributed by atoms with Crippen LogP contribution in [0.4, 0.5) is 10.5 Å². The standard InChI is InChI=1S/C24H26BrN3O6/c1-5-33-23(30)14(3)34-19-11-6-15(12-18(19)25)21-20(13(2)26-24(31)28-21)22(29)27-16-7-9-17(32-4)10-8-16/h6-12,14,21H,5H2,1-4H3,(H,27,29)(H2,26,28,31)/t14-,21+/m1/s1.